The summed E-state index contributed by atoms with van der Waals surface area (Å²) in [5, 5.41) is 2.84. The van der Waals surface area contributed by atoms with Crippen LogP contribution in [0.5, 0.6) is 5.88 Å². The van der Waals surface area contributed by atoms with Crippen molar-refractivity contribution in [1.82, 2.24) is 20.2 Å². The zero-order valence-corrected chi connectivity index (χ0v) is 13.5. The molecule has 1 aromatic heterocycles. The highest BCUT2D eigenvalue weighted by Gasteiger charge is 2.09. The standard InChI is InChI=1S/C17H22N4O2/c1-21(2)10-6-9-18-17(22)15-11-16(20-13-19-15)23-12-14-7-4-3-5-8-14/h3-5,7-8,11,13H,6,9-10,12H2,1-2H3,(H,18,22). The number of amides is 1. The molecule has 0 aliphatic rings. The van der Waals surface area contributed by atoms with E-state index in [-0.39, 0.29) is 5.91 Å². The fourth-order valence-corrected chi connectivity index (χ4v) is 1.96. The number of benzene rings is 1. The average Bonchev–Trinajstić information content (AvgIpc) is 2.58. The first-order valence-electron chi connectivity index (χ1n) is 7.57. The van der Waals surface area contributed by atoms with Crippen LogP contribution in [0.2, 0.25) is 0 Å². The number of nitrogens with zero attached hydrogens (tertiary/aromatic N) is 3. The predicted octanol–water partition coefficient (Wildman–Crippen LogP) is 1.74. The largest absolute Gasteiger partial charge is 0.473 e. The first kappa shape index (κ1) is 16.9. The van der Waals surface area contributed by atoms with Crippen molar-refractivity contribution in [3.63, 3.8) is 0 Å². The SMILES string of the molecule is CN(C)CCCNC(=O)c1cc(OCc2ccccc2)ncn1. The summed E-state index contributed by atoms with van der Waals surface area (Å²) in [4.78, 5) is 22.2. The van der Waals surface area contributed by atoms with Crippen LogP contribution in [0.4, 0.5) is 0 Å². The van der Waals surface area contributed by atoms with Crippen molar-refractivity contribution in [2.24, 2.45) is 0 Å². The van der Waals surface area contributed by atoms with Gasteiger partial charge in [0, 0.05) is 12.6 Å². The van der Waals surface area contributed by atoms with Gasteiger partial charge >= 0.3 is 0 Å². The maximum atomic E-state index is 12.0. The van der Waals surface area contributed by atoms with E-state index in [4.69, 9.17) is 4.74 Å². The molecule has 1 N–H and O–H groups in total. The molecule has 0 saturated carbocycles. The Hall–Kier alpha value is -2.47. The van der Waals surface area contributed by atoms with Crippen LogP contribution < -0.4 is 10.1 Å². The molecular formula is C17H22N4O2. The van der Waals surface area contributed by atoms with Gasteiger partial charge in [-0.05, 0) is 32.6 Å². The van der Waals surface area contributed by atoms with E-state index in [1.807, 2.05) is 44.4 Å². The van der Waals surface area contributed by atoms with Gasteiger partial charge in [-0.1, -0.05) is 30.3 Å². The second-order valence-corrected chi connectivity index (χ2v) is 5.43. The molecule has 0 atom stereocenters. The molecule has 0 bridgehead atoms. The van der Waals surface area contributed by atoms with Crippen molar-refractivity contribution in [2.45, 2.75) is 13.0 Å². The highest BCUT2D eigenvalue weighted by Crippen LogP contribution is 2.10. The maximum Gasteiger partial charge on any atom is 0.270 e. The number of carbonyl (C=O) groups excluding carboxylic acids is 1. The Labute approximate surface area is 136 Å². The smallest absolute Gasteiger partial charge is 0.270 e. The van der Waals surface area contributed by atoms with E-state index in [0.717, 1.165) is 18.5 Å². The Bertz CT molecular complexity index is 617. The van der Waals surface area contributed by atoms with Crippen LogP contribution in [0.3, 0.4) is 0 Å². The number of hydrogen-bond donors (Lipinski definition) is 1. The molecule has 0 saturated heterocycles. The van der Waals surface area contributed by atoms with E-state index in [1.165, 1.54) is 6.33 Å². The predicted molar refractivity (Wildman–Crippen MR) is 88.3 cm³/mol. The quantitative estimate of drug-likeness (QED) is 0.752. The van der Waals surface area contributed by atoms with Crippen LogP contribution >= 0.6 is 0 Å². The fraction of sp³-hybridized carbons (Fsp3) is 0.353. The van der Waals surface area contributed by atoms with E-state index in [9.17, 15) is 4.79 Å². The Morgan fingerprint density at radius 3 is 2.74 bits per heavy atom. The molecule has 1 heterocycles. The van der Waals surface area contributed by atoms with E-state index in [2.05, 4.69) is 20.2 Å². The van der Waals surface area contributed by atoms with Crippen molar-refractivity contribution in [1.29, 1.82) is 0 Å². The van der Waals surface area contributed by atoms with Gasteiger partial charge in [-0.15, -0.1) is 0 Å². The molecule has 0 aliphatic carbocycles. The van der Waals surface area contributed by atoms with Crippen molar-refractivity contribution >= 4 is 5.91 Å². The van der Waals surface area contributed by atoms with Gasteiger partial charge in [-0.25, -0.2) is 9.97 Å². The second-order valence-electron chi connectivity index (χ2n) is 5.43. The number of aromatic nitrogens is 2. The van der Waals surface area contributed by atoms with Crippen molar-refractivity contribution in [3.8, 4) is 5.88 Å². The van der Waals surface area contributed by atoms with Crippen molar-refractivity contribution < 1.29 is 9.53 Å². The number of hydrogen-bond acceptors (Lipinski definition) is 5. The lowest BCUT2D eigenvalue weighted by atomic mass is 10.2. The Kier molecular flexibility index (Phi) is 6.50. The van der Waals surface area contributed by atoms with Crippen LogP contribution in [0.25, 0.3) is 0 Å². The summed E-state index contributed by atoms with van der Waals surface area (Å²) in [5.74, 6) is 0.179. The highest BCUT2D eigenvalue weighted by atomic mass is 16.5. The average molecular weight is 314 g/mol. The first-order valence-corrected chi connectivity index (χ1v) is 7.57. The molecule has 6 heteroatoms. The summed E-state index contributed by atoms with van der Waals surface area (Å²) in [6, 6.07) is 11.4. The second kappa shape index (κ2) is 8.85. The number of nitrogens with one attached hydrogen (secondary N) is 1. The zero-order valence-electron chi connectivity index (χ0n) is 13.5. The zero-order chi connectivity index (χ0) is 16.5. The normalized spacial score (nSPS) is 10.6. The molecule has 2 rings (SSSR count). The topological polar surface area (TPSA) is 67.4 Å². The van der Waals surface area contributed by atoms with Gasteiger partial charge < -0.3 is 15.0 Å². The molecular weight excluding hydrogens is 292 g/mol. The van der Waals surface area contributed by atoms with Crippen molar-refractivity contribution in [3.05, 3.63) is 54.0 Å². The third-order valence-electron chi connectivity index (χ3n) is 3.17. The lowest BCUT2D eigenvalue weighted by Crippen LogP contribution is -2.27. The molecule has 0 radical (unpaired) electrons. The van der Waals surface area contributed by atoms with Crippen LogP contribution in [0, 0.1) is 0 Å². The molecule has 2 aromatic rings. The van der Waals surface area contributed by atoms with Crippen LogP contribution in [-0.4, -0.2) is 48.0 Å². The van der Waals surface area contributed by atoms with Gasteiger partial charge in [-0.3, -0.25) is 4.79 Å². The van der Waals surface area contributed by atoms with Crippen LogP contribution in [0.1, 0.15) is 22.5 Å². The van der Waals surface area contributed by atoms with Gasteiger partial charge in [0.05, 0.1) is 0 Å². The maximum absolute atomic E-state index is 12.0. The van der Waals surface area contributed by atoms with Crippen LogP contribution in [-0.2, 0) is 6.61 Å². The summed E-state index contributed by atoms with van der Waals surface area (Å²) in [6.07, 6.45) is 2.23. The third kappa shape index (κ3) is 6.04. The molecule has 0 spiro atoms. The Balaban J connectivity index is 1.85. The first-order chi connectivity index (χ1) is 11.1. The molecule has 0 unspecified atom stereocenters. The van der Waals surface area contributed by atoms with Gasteiger partial charge in [0.15, 0.2) is 0 Å². The minimum absolute atomic E-state index is 0.212. The summed E-state index contributed by atoms with van der Waals surface area (Å²) in [6.45, 7) is 1.94. The number of carbonyl (C=O) groups is 1. The van der Waals surface area contributed by atoms with Crippen LogP contribution in [0.15, 0.2) is 42.7 Å². The monoisotopic (exact) mass is 314 g/mol. The molecule has 0 aliphatic heterocycles. The van der Waals surface area contributed by atoms with Gasteiger partial charge in [0.25, 0.3) is 5.91 Å². The summed E-state index contributed by atoms with van der Waals surface area (Å²) in [7, 11) is 4.01. The van der Waals surface area contributed by atoms with E-state index >= 15 is 0 Å². The van der Waals surface area contributed by atoms with Gasteiger partial charge in [-0.2, -0.15) is 0 Å². The molecule has 1 aromatic carbocycles. The molecule has 23 heavy (non-hydrogen) atoms. The minimum Gasteiger partial charge on any atom is -0.473 e. The molecule has 0 fully saturated rings. The van der Waals surface area contributed by atoms with Crippen molar-refractivity contribution in [2.75, 3.05) is 27.2 Å². The Morgan fingerprint density at radius 1 is 1.22 bits per heavy atom. The van der Waals surface area contributed by atoms with Gasteiger partial charge in [0.2, 0.25) is 5.88 Å². The van der Waals surface area contributed by atoms with E-state index in [1.54, 1.807) is 6.07 Å². The number of rotatable bonds is 8. The molecule has 6 nitrogen and oxygen atoms in total. The molecule has 1 amide bonds. The highest BCUT2D eigenvalue weighted by molar-refractivity contribution is 5.92. The summed E-state index contributed by atoms with van der Waals surface area (Å²) < 4.78 is 5.60. The lowest BCUT2D eigenvalue weighted by Gasteiger charge is -2.10. The molecule has 122 valence electrons. The lowest BCUT2D eigenvalue weighted by molar-refractivity contribution is 0.0946. The van der Waals surface area contributed by atoms with E-state index < -0.39 is 0 Å². The number of ether oxygens (including phenoxy) is 1. The fourth-order valence-electron chi connectivity index (χ4n) is 1.96. The van der Waals surface area contributed by atoms with E-state index in [0.29, 0.717) is 24.7 Å². The minimum atomic E-state index is -0.212. The summed E-state index contributed by atoms with van der Waals surface area (Å²) in [5.41, 5.74) is 1.36. The Morgan fingerprint density at radius 2 is 2.00 bits per heavy atom. The third-order valence-corrected chi connectivity index (χ3v) is 3.17. The summed E-state index contributed by atoms with van der Waals surface area (Å²) >= 11 is 0. The van der Waals surface area contributed by atoms with Gasteiger partial charge in [0.1, 0.15) is 18.6 Å².